The number of nitrogens with zero attached hydrogens (tertiary/aromatic N) is 3. The maximum Gasteiger partial charge on any atom is 0.367 e. The molecule has 2 aromatic rings. The molecule has 6 nitrogen and oxygen atoms in total. The van der Waals surface area contributed by atoms with Crippen LogP contribution in [-0.2, 0) is 0 Å². The van der Waals surface area contributed by atoms with Gasteiger partial charge in [0.2, 0.25) is 5.96 Å². The van der Waals surface area contributed by atoms with Gasteiger partial charge in [0.15, 0.2) is 0 Å². The van der Waals surface area contributed by atoms with E-state index in [0.29, 0.717) is 11.4 Å². The number of hydrogen-bond acceptors (Lipinski definition) is 3. The van der Waals surface area contributed by atoms with Crippen molar-refractivity contribution >= 4 is 11.6 Å². The predicted octanol–water partition coefficient (Wildman–Crippen LogP) is 1.02. The quantitative estimate of drug-likeness (QED) is 0.621. The Hall–Kier alpha value is -2.63. The van der Waals surface area contributed by atoms with E-state index in [9.17, 15) is 4.79 Å². The largest absolute Gasteiger partial charge is 0.368 e. The van der Waals surface area contributed by atoms with E-state index in [-0.39, 0.29) is 5.96 Å². The van der Waals surface area contributed by atoms with Crippen LogP contribution in [0.4, 0.5) is 5.69 Å². The molecule has 1 aromatic carbocycles. The molecule has 0 radical (unpaired) electrons. The summed E-state index contributed by atoms with van der Waals surface area (Å²) in [7, 11) is 0. The van der Waals surface area contributed by atoms with Gasteiger partial charge in [0.1, 0.15) is 0 Å². The van der Waals surface area contributed by atoms with Crippen LogP contribution in [0.15, 0.2) is 41.3 Å². The summed E-state index contributed by atoms with van der Waals surface area (Å²) in [5.41, 5.74) is 7.32. The smallest absolute Gasteiger partial charge is 0.367 e. The number of hydrogen-bond donors (Lipinski definition) is 2. The molecule has 0 amide bonds. The van der Waals surface area contributed by atoms with Crippen molar-refractivity contribution in [3.8, 4) is 0 Å². The van der Waals surface area contributed by atoms with Crippen LogP contribution < -0.4 is 16.4 Å². The van der Waals surface area contributed by atoms with E-state index >= 15 is 0 Å². The van der Waals surface area contributed by atoms with Gasteiger partial charge in [-0.05, 0) is 31.5 Å². The number of aryl methyl sites for hydroxylation is 2. The van der Waals surface area contributed by atoms with Crippen molar-refractivity contribution in [2.24, 2.45) is 5.73 Å². The van der Waals surface area contributed by atoms with Gasteiger partial charge in [0.25, 0.3) is 0 Å². The first-order valence-electron chi connectivity index (χ1n) is 5.77. The summed E-state index contributed by atoms with van der Waals surface area (Å²) in [5, 5.41) is 9.01. The summed E-state index contributed by atoms with van der Waals surface area (Å²) in [4.78, 5) is 15.8. The van der Waals surface area contributed by atoms with Crippen LogP contribution in [0.3, 0.4) is 0 Å². The van der Waals surface area contributed by atoms with Gasteiger partial charge in [-0.3, -0.25) is 5.41 Å². The van der Waals surface area contributed by atoms with E-state index in [4.69, 9.17) is 11.1 Å². The second-order valence-corrected chi connectivity index (χ2v) is 4.18. The van der Waals surface area contributed by atoms with Crippen LogP contribution in [0.5, 0.6) is 0 Å². The maximum absolute atomic E-state index is 11.9. The molecule has 2 rings (SSSR count). The molecule has 98 valence electrons. The molecular weight excluding hydrogens is 242 g/mol. The highest BCUT2D eigenvalue weighted by molar-refractivity contribution is 5.92. The average molecular weight is 257 g/mol. The lowest BCUT2D eigenvalue weighted by molar-refractivity contribution is 0.742. The number of rotatable bonds is 2. The SMILES string of the molecule is Cc1ccn(N(C(=N)N)c2ccccc2C)c(=O)n1. The number of para-hydroxylation sites is 1. The topological polar surface area (TPSA) is 88.0 Å². The lowest BCUT2D eigenvalue weighted by Gasteiger charge is -2.25. The van der Waals surface area contributed by atoms with Gasteiger partial charge in [0.05, 0.1) is 5.69 Å². The molecule has 1 heterocycles. The summed E-state index contributed by atoms with van der Waals surface area (Å²) >= 11 is 0. The molecule has 0 bridgehead atoms. The molecule has 0 fully saturated rings. The molecule has 0 atom stereocenters. The maximum atomic E-state index is 11.9. The van der Waals surface area contributed by atoms with Crippen LogP contribution in [0.2, 0.25) is 0 Å². The van der Waals surface area contributed by atoms with Crippen LogP contribution in [-0.4, -0.2) is 15.6 Å². The molecule has 0 aliphatic carbocycles. The summed E-state index contributed by atoms with van der Waals surface area (Å²) in [5.74, 6) is -0.248. The van der Waals surface area contributed by atoms with Gasteiger partial charge in [-0.25, -0.2) is 14.5 Å². The average Bonchev–Trinajstić information content (AvgIpc) is 2.34. The molecule has 0 spiro atoms. The van der Waals surface area contributed by atoms with E-state index in [1.165, 1.54) is 9.69 Å². The minimum absolute atomic E-state index is 0.248. The number of anilines is 1. The molecule has 1 aromatic heterocycles. The Labute approximate surface area is 110 Å². The zero-order chi connectivity index (χ0) is 14.0. The zero-order valence-electron chi connectivity index (χ0n) is 10.8. The molecular formula is C13H15N5O. The molecule has 0 unspecified atom stereocenters. The first-order chi connectivity index (χ1) is 9.00. The number of aromatic nitrogens is 2. The highest BCUT2D eigenvalue weighted by Gasteiger charge is 2.15. The van der Waals surface area contributed by atoms with E-state index in [2.05, 4.69) is 4.98 Å². The highest BCUT2D eigenvalue weighted by atomic mass is 16.2. The monoisotopic (exact) mass is 257 g/mol. The van der Waals surface area contributed by atoms with Crippen molar-refractivity contribution in [2.75, 3.05) is 5.01 Å². The second kappa shape index (κ2) is 4.93. The fourth-order valence-electron chi connectivity index (χ4n) is 1.80. The summed E-state index contributed by atoms with van der Waals surface area (Å²) in [6, 6.07) is 9.08. The van der Waals surface area contributed by atoms with Crippen LogP contribution in [0, 0.1) is 19.3 Å². The minimum atomic E-state index is -0.474. The number of guanidine groups is 1. The van der Waals surface area contributed by atoms with E-state index in [1.807, 2.05) is 25.1 Å². The second-order valence-electron chi connectivity index (χ2n) is 4.18. The third-order valence-electron chi connectivity index (χ3n) is 2.71. The van der Waals surface area contributed by atoms with E-state index in [0.717, 1.165) is 5.56 Å². The van der Waals surface area contributed by atoms with Crippen molar-refractivity contribution in [3.05, 3.63) is 58.3 Å². The fourth-order valence-corrected chi connectivity index (χ4v) is 1.80. The Bertz CT molecular complexity index is 677. The Kier molecular flexibility index (Phi) is 3.33. The molecule has 19 heavy (non-hydrogen) atoms. The lowest BCUT2D eigenvalue weighted by atomic mass is 10.2. The van der Waals surface area contributed by atoms with E-state index in [1.54, 1.807) is 25.3 Å². The van der Waals surface area contributed by atoms with Crippen molar-refractivity contribution in [1.82, 2.24) is 9.66 Å². The normalized spacial score (nSPS) is 10.2. The van der Waals surface area contributed by atoms with Crippen LogP contribution in [0.25, 0.3) is 0 Å². The fraction of sp³-hybridized carbons (Fsp3) is 0.154. The molecule has 6 heteroatoms. The number of benzene rings is 1. The summed E-state index contributed by atoms with van der Waals surface area (Å²) in [6.07, 6.45) is 1.55. The zero-order valence-corrected chi connectivity index (χ0v) is 10.8. The van der Waals surface area contributed by atoms with Gasteiger partial charge in [-0.1, -0.05) is 18.2 Å². The Morgan fingerprint density at radius 1 is 1.32 bits per heavy atom. The Morgan fingerprint density at radius 3 is 2.58 bits per heavy atom. The van der Waals surface area contributed by atoms with E-state index < -0.39 is 5.69 Å². The van der Waals surface area contributed by atoms with Gasteiger partial charge < -0.3 is 5.73 Å². The van der Waals surface area contributed by atoms with Crippen molar-refractivity contribution in [2.45, 2.75) is 13.8 Å². The van der Waals surface area contributed by atoms with Gasteiger partial charge in [-0.2, -0.15) is 4.98 Å². The third-order valence-corrected chi connectivity index (χ3v) is 2.71. The summed E-state index contributed by atoms with van der Waals surface area (Å²) in [6.45, 7) is 3.62. The Balaban J connectivity index is 2.62. The third kappa shape index (κ3) is 2.47. The minimum Gasteiger partial charge on any atom is -0.368 e. The predicted molar refractivity (Wildman–Crippen MR) is 74.2 cm³/mol. The molecule has 0 saturated carbocycles. The molecule has 3 N–H and O–H groups in total. The molecule has 0 aliphatic rings. The van der Waals surface area contributed by atoms with Gasteiger partial charge in [-0.15, -0.1) is 0 Å². The van der Waals surface area contributed by atoms with Crippen molar-refractivity contribution in [1.29, 1.82) is 5.41 Å². The first-order valence-corrected chi connectivity index (χ1v) is 5.77. The molecule has 0 saturated heterocycles. The Morgan fingerprint density at radius 2 is 2.00 bits per heavy atom. The standard InChI is InChI=1S/C13H15N5O/c1-9-5-3-4-6-11(9)18(12(14)15)17-8-7-10(2)16-13(17)19/h3-8H,1-2H3,(H3,14,15). The van der Waals surface area contributed by atoms with Crippen LogP contribution >= 0.6 is 0 Å². The number of nitrogens with two attached hydrogens (primary N) is 1. The van der Waals surface area contributed by atoms with Gasteiger partial charge >= 0.3 is 5.69 Å². The summed E-state index contributed by atoms with van der Waals surface area (Å²) < 4.78 is 1.22. The van der Waals surface area contributed by atoms with Crippen molar-refractivity contribution in [3.63, 3.8) is 0 Å². The first kappa shape index (κ1) is 12.8. The number of nitrogens with one attached hydrogen (secondary N) is 1. The highest BCUT2D eigenvalue weighted by Crippen LogP contribution is 2.18. The van der Waals surface area contributed by atoms with Crippen LogP contribution in [0.1, 0.15) is 11.3 Å². The van der Waals surface area contributed by atoms with Crippen molar-refractivity contribution < 1.29 is 0 Å². The lowest BCUT2D eigenvalue weighted by Crippen LogP contribution is -2.47. The molecule has 0 aliphatic heterocycles. The van der Waals surface area contributed by atoms with Gasteiger partial charge in [0, 0.05) is 11.9 Å².